The molecule has 1 atom stereocenters. The van der Waals surface area contributed by atoms with Gasteiger partial charge >= 0.3 is 0 Å². The van der Waals surface area contributed by atoms with Crippen molar-refractivity contribution >= 4 is 5.69 Å². The third-order valence-electron chi connectivity index (χ3n) is 3.89. The van der Waals surface area contributed by atoms with Gasteiger partial charge in [0.05, 0.1) is 0 Å². The summed E-state index contributed by atoms with van der Waals surface area (Å²) in [5.41, 5.74) is 7.85. The van der Waals surface area contributed by atoms with Gasteiger partial charge in [0.2, 0.25) is 0 Å². The van der Waals surface area contributed by atoms with Gasteiger partial charge in [-0.1, -0.05) is 13.3 Å². The molecule has 1 aliphatic rings. The largest absolute Gasteiger partial charge is 0.371 e. The standard InChI is InChI=1S/C15H23FN2/c1-2-12-4-3-9-18(11-12)15-6-5-14(16)10-13(15)7-8-17/h5-6,10,12H,2-4,7-9,11,17H2,1H3. The molecule has 0 aliphatic carbocycles. The van der Waals surface area contributed by atoms with Crippen molar-refractivity contribution in [1.82, 2.24) is 0 Å². The highest BCUT2D eigenvalue weighted by Gasteiger charge is 2.20. The lowest BCUT2D eigenvalue weighted by atomic mass is 9.94. The first-order chi connectivity index (χ1) is 8.74. The number of nitrogens with two attached hydrogens (primary N) is 1. The molecule has 1 aromatic rings. The smallest absolute Gasteiger partial charge is 0.123 e. The van der Waals surface area contributed by atoms with Crippen LogP contribution in [0.1, 0.15) is 31.7 Å². The Balaban J connectivity index is 2.20. The van der Waals surface area contributed by atoms with Gasteiger partial charge in [-0.25, -0.2) is 4.39 Å². The van der Waals surface area contributed by atoms with Crippen molar-refractivity contribution in [2.75, 3.05) is 24.5 Å². The lowest BCUT2D eigenvalue weighted by molar-refractivity contribution is 0.404. The monoisotopic (exact) mass is 250 g/mol. The Morgan fingerprint density at radius 3 is 3.00 bits per heavy atom. The highest BCUT2D eigenvalue weighted by molar-refractivity contribution is 5.54. The van der Waals surface area contributed by atoms with Crippen LogP contribution in [0.15, 0.2) is 18.2 Å². The van der Waals surface area contributed by atoms with Gasteiger partial charge in [0, 0.05) is 18.8 Å². The molecule has 2 N–H and O–H groups in total. The van der Waals surface area contributed by atoms with Gasteiger partial charge in [-0.2, -0.15) is 0 Å². The molecule has 0 amide bonds. The Hall–Kier alpha value is -1.09. The van der Waals surface area contributed by atoms with Crippen molar-refractivity contribution in [1.29, 1.82) is 0 Å². The Kier molecular flexibility index (Phi) is 4.59. The number of anilines is 1. The average molecular weight is 250 g/mol. The molecule has 0 aromatic heterocycles. The van der Waals surface area contributed by atoms with Gasteiger partial charge in [0.1, 0.15) is 5.82 Å². The fourth-order valence-electron chi connectivity index (χ4n) is 2.84. The molecule has 0 spiro atoms. The maximum atomic E-state index is 13.3. The van der Waals surface area contributed by atoms with E-state index >= 15 is 0 Å². The van der Waals surface area contributed by atoms with Crippen LogP contribution >= 0.6 is 0 Å². The molecule has 1 saturated heterocycles. The van der Waals surface area contributed by atoms with E-state index in [0.717, 1.165) is 31.0 Å². The molecule has 2 nitrogen and oxygen atoms in total. The Morgan fingerprint density at radius 1 is 1.44 bits per heavy atom. The third kappa shape index (κ3) is 3.02. The summed E-state index contributed by atoms with van der Waals surface area (Å²) in [7, 11) is 0. The number of halogens is 1. The van der Waals surface area contributed by atoms with Gasteiger partial charge in [0.25, 0.3) is 0 Å². The van der Waals surface area contributed by atoms with Crippen molar-refractivity contribution in [3.8, 4) is 0 Å². The maximum Gasteiger partial charge on any atom is 0.123 e. The number of nitrogens with zero attached hydrogens (tertiary/aromatic N) is 1. The SMILES string of the molecule is CCC1CCCN(c2ccc(F)cc2CCN)C1. The first-order valence-corrected chi connectivity index (χ1v) is 6.98. The van der Waals surface area contributed by atoms with Crippen molar-refractivity contribution in [2.45, 2.75) is 32.6 Å². The molecule has 100 valence electrons. The second-order valence-corrected chi connectivity index (χ2v) is 5.17. The number of hydrogen-bond donors (Lipinski definition) is 1. The fraction of sp³-hybridized carbons (Fsp3) is 0.600. The fourth-order valence-corrected chi connectivity index (χ4v) is 2.84. The lowest BCUT2D eigenvalue weighted by Gasteiger charge is -2.35. The molecule has 18 heavy (non-hydrogen) atoms. The molecule has 0 radical (unpaired) electrons. The van der Waals surface area contributed by atoms with Crippen LogP contribution in [-0.2, 0) is 6.42 Å². The zero-order chi connectivity index (χ0) is 13.0. The van der Waals surface area contributed by atoms with Crippen LogP contribution in [0.5, 0.6) is 0 Å². The summed E-state index contributed by atoms with van der Waals surface area (Å²) >= 11 is 0. The van der Waals surface area contributed by atoms with Crippen LogP contribution < -0.4 is 10.6 Å². The van der Waals surface area contributed by atoms with Crippen molar-refractivity contribution in [2.24, 2.45) is 11.7 Å². The Bertz CT molecular complexity index is 392. The molecule has 0 saturated carbocycles. The van der Waals surface area contributed by atoms with Crippen LogP contribution in [0.2, 0.25) is 0 Å². The summed E-state index contributed by atoms with van der Waals surface area (Å²) in [6.07, 6.45) is 4.53. The zero-order valence-electron chi connectivity index (χ0n) is 11.2. The number of rotatable bonds is 4. The van der Waals surface area contributed by atoms with Gasteiger partial charge in [-0.05, 0) is 55.5 Å². The van der Waals surface area contributed by atoms with Crippen LogP contribution in [-0.4, -0.2) is 19.6 Å². The van der Waals surface area contributed by atoms with Crippen LogP contribution in [0, 0.1) is 11.7 Å². The molecule has 1 aliphatic heterocycles. The van der Waals surface area contributed by atoms with Gasteiger partial charge < -0.3 is 10.6 Å². The van der Waals surface area contributed by atoms with Crippen LogP contribution in [0.25, 0.3) is 0 Å². The number of hydrogen-bond acceptors (Lipinski definition) is 2. The highest BCUT2D eigenvalue weighted by atomic mass is 19.1. The average Bonchev–Trinajstić information content (AvgIpc) is 2.39. The van der Waals surface area contributed by atoms with E-state index in [1.54, 1.807) is 12.1 Å². The topological polar surface area (TPSA) is 29.3 Å². The predicted octanol–water partition coefficient (Wildman–Crippen LogP) is 2.95. The second-order valence-electron chi connectivity index (χ2n) is 5.17. The zero-order valence-corrected chi connectivity index (χ0v) is 11.2. The molecule has 1 heterocycles. The summed E-state index contributed by atoms with van der Waals surface area (Å²) < 4.78 is 13.3. The van der Waals surface area contributed by atoms with E-state index in [1.165, 1.54) is 24.9 Å². The van der Waals surface area contributed by atoms with E-state index in [0.29, 0.717) is 6.54 Å². The summed E-state index contributed by atoms with van der Waals surface area (Å²) in [5.74, 6) is 0.612. The van der Waals surface area contributed by atoms with E-state index in [2.05, 4.69) is 11.8 Å². The van der Waals surface area contributed by atoms with Crippen molar-refractivity contribution in [3.63, 3.8) is 0 Å². The van der Waals surface area contributed by atoms with Gasteiger partial charge in [-0.15, -0.1) is 0 Å². The minimum absolute atomic E-state index is 0.161. The van der Waals surface area contributed by atoms with E-state index < -0.39 is 0 Å². The normalized spacial score (nSPS) is 20.2. The summed E-state index contributed by atoms with van der Waals surface area (Å²) in [6.45, 7) is 5.00. The van der Waals surface area contributed by atoms with Crippen LogP contribution in [0.3, 0.4) is 0 Å². The predicted molar refractivity (Wildman–Crippen MR) is 74.4 cm³/mol. The molecule has 1 aromatic carbocycles. The Morgan fingerprint density at radius 2 is 2.28 bits per heavy atom. The van der Waals surface area contributed by atoms with Gasteiger partial charge in [0.15, 0.2) is 0 Å². The van der Waals surface area contributed by atoms with E-state index in [9.17, 15) is 4.39 Å². The minimum atomic E-state index is -0.161. The molecule has 0 bridgehead atoms. The van der Waals surface area contributed by atoms with Gasteiger partial charge in [-0.3, -0.25) is 0 Å². The quantitative estimate of drug-likeness (QED) is 0.890. The highest BCUT2D eigenvalue weighted by Crippen LogP contribution is 2.28. The van der Waals surface area contributed by atoms with E-state index in [4.69, 9.17) is 5.73 Å². The number of piperidine rings is 1. The molecule has 2 rings (SSSR count). The molecule has 1 unspecified atom stereocenters. The molecular weight excluding hydrogens is 227 g/mol. The van der Waals surface area contributed by atoms with E-state index in [1.807, 2.05) is 6.07 Å². The van der Waals surface area contributed by atoms with Crippen molar-refractivity contribution in [3.05, 3.63) is 29.6 Å². The summed E-state index contributed by atoms with van der Waals surface area (Å²) in [6, 6.07) is 5.11. The molecule has 3 heteroatoms. The van der Waals surface area contributed by atoms with Crippen molar-refractivity contribution < 1.29 is 4.39 Å². The third-order valence-corrected chi connectivity index (χ3v) is 3.89. The summed E-state index contributed by atoms with van der Waals surface area (Å²) in [4.78, 5) is 2.40. The van der Waals surface area contributed by atoms with Crippen LogP contribution in [0.4, 0.5) is 10.1 Å². The lowest BCUT2D eigenvalue weighted by Crippen LogP contribution is -2.35. The second kappa shape index (κ2) is 6.19. The first kappa shape index (κ1) is 13.3. The summed E-state index contributed by atoms with van der Waals surface area (Å²) in [5, 5.41) is 0. The number of benzene rings is 1. The first-order valence-electron chi connectivity index (χ1n) is 6.98. The van der Waals surface area contributed by atoms with E-state index in [-0.39, 0.29) is 5.82 Å². The minimum Gasteiger partial charge on any atom is -0.371 e. The maximum absolute atomic E-state index is 13.3. The Labute approximate surface area is 109 Å². The molecule has 1 fully saturated rings. The molecular formula is C15H23FN2.